The number of benzene rings is 1. The van der Waals surface area contributed by atoms with Crippen LogP contribution in [0.2, 0.25) is 0 Å². The van der Waals surface area contributed by atoms with Crippen molar-refractivity contribution in [3.05, 3.63) is 23.9 Å². The molecule has 2 aromatic rings. The molecule has 1 aromatic carbocycles. The normalized spacial score (nSPS) is 13.6. The third-order valence-corrected chi connectivity index (χ3v) is 3.64. The van der Waals surface area contributed by atoms with Crippen LogP contribution in [0.3, 0.4) is 0 Å². The highest BCUT2D eigenvalue weighted by molar-refractivity contribution is 5.83. The van der Waals surface area contributed by atoms with Gasteiger partial charge >= 0.3 is 0 Å². The van der Waals surface area contributed by atoms with Crippen LogP contribution in [0, 0.1) is 6.92 Å². The van der Waals surface area contributed by atoms with Crippen LogP contribution in [0.25, 0.3) is 11.1 Å². The Morgan fingerprint density at radius 1 is 1.25 bits per heavy atom. The molecular formula is C15H19N3O2. The summed E-state index contributed by atoms with van der Waals surface area (Å²) < 4.78 is 12.9. The summed E-state index contributed by atoms with van der Waals surface area (Å²) in [6.45, 7) is 3.96. The SMILES string of the molecule is COc1ccc(OC)c(-c2c(C)nn3c2NCCC3)c1. The second-order valence-electron chi connectivity index (χ2n) is 4.88. The molecule has 1 aromatic heterocycles. The summed E-state index contributed by atoms with van der Waals surface area (Å²) in [5.41, 5.74) is 3.11. The zero-order valence-corrected chi connectivity index (χ0v) is 12.1. The molecule has 1 aliphatic heterocycles. The Morgan fingerprint density at radius 3 is 2.85 bits per heavy atom. The van der Waals surface area contributed by atoms with E-state index in [0.717, 1.165) is 53.6 Å². The van der Waals surface area contributed by atoms with Crippen molar-refractivity contribution in [3.63, 3.8) is 0 Å². The quantitative estimate of drug-likeness (QED) is 0.934. The topological polar surface area (TPSA) is 48.3 Å². The standard InChI is InChI=1S/C15H19N3O2/c1-10-14(15-16-7-4-8-18(15)17-10)12-9-11(19-2)5-6-13(12)20-3/h5-6,9,16H,4,7-8H2,1-3H3. The highest BCUT2D eigenvalue weighted by Crippen LogP contribution is 2.40. The van der Waals surface area contributed by atoms with Gasteiger partial charge in [0.25, 0.3) is 0 Å². The van der Waals surface area contributed by atoms with Crippen molar-refractivity contribution < 1.29 is 9.47 Å². The number of ether oxygens (including phenoxy) is 2. The van der Waals surface area contributed by atoms with Gasteiger partial charge in [0.15, 0.2) is 0 Å². The summed E-state index contributed by atoms with van der Waals surface area (Å²) >= 11 is 0. The van der Waals surface area contributed by atoms with E-state index in [1.54, 1.807) is 14.2 Å². The predicted molar refractivity (Wildman–Crippen MR) is 78.6 cm³/mol. The zero-order chi connectivity index (χ0) is 14.1. The minimum absolute atomic E-state index is 0.816. The van der Waals surface area contributed by atoms with E-state index in [1.165, 1.54) is 0 Å². The zero-order valence-electron chi connectivity index (χ0n) is 12.1. The maximum absolute atomic E-state index is 5.49. The highest BCUT2D eigenvalue weighted by Gasteiger charge is 2.22. The minimum Gasteiger partial charge on any atom is -0.497 e. The summed E-state index contributed by atoms with van der Waals surface area (Å²) in [6, 6.07) is 5.83. The van der Waals surface area contributed by atoms with Gasteiger partial charge in [-0.05, 0) is 31.5 Å². The molecule has 0 amide bonds. The van der Waals surface area contributed by atoms with E-state index in [1.807, 2.05) is 29.8 Å². The monoisotopic (exact) mass is 273 g/mol. The van der Waals surface area contributed by atoms with Gasteiger partial charge in [-0.1, -0.05) is 0 Å². The van der Waals surface area contributed by atoms with Gasteiger partial charge in [-0.3, -0.25) is 0 Å². The van der Waals surface area contributed by atoms with Gasteiger partial charge in [-0.25, -0.2) is 4.68 Å². The number of anilines is 1. The van der Waals surface area contributed by atoms with Gasteiger partial charge in [0.05, 0.1) is 25.5 Å². The lowest BCUT2D eigenvalue weighted by Crippen LogP contribution is -2.17. The van der Waals surface area contributed by atoms with Gasteiger partial charge in [0.2, 0.25) is 0 Å². The van der Waals surface area contributed by atoms with Crippen molar-refractivity contribution in [3.8, 4) is 22.6 Å². The molecule has 0 bridgehead atoms. The van der Waals surface area contributed by atoms with Crippen LogP contribution in [0.5, 0.6) is 11.5 Å². The molecule has 5 heteroatoms. The molecule has 1 aliphatic rings. The first-order chi connectivity index (χ1) is 9.74. The lowest BCUT2D eigenvalue weighted by molar-refractivity contribution is 0.404. The van der Waals surface area contributed by atoms with Crippen LogP contribution in [-0.4, -0.2) is 30.5 Å². The maximum atomic E-state index is 5.49. The van der Waals surface area contributed by atoms with Crippen molar-refractivity contribution in [2.75, 3.05) is 26.1 Å². The number of nitrogens with one attached hydrogen (secondary N) is 1. The maximum Gasteiger partial charge on any atom is 0.132 e. The summed E-state index contributed by atoms with van der Waals surface area (Å²) in [7, 11) is 3.36. The molecule has 0 spiro atoms. The van der Waals surface area contributed by atoms with Crippen LogP contribution < -0.4 is 14.8 Å². The summed E-state index contributed by atoms with van der Waals surface area (Å²) in [5.74, 6) is 2.72. The average molecular weight is 273 g/mol. The summed E-state index contributed by atoms with van der Waals surface area (Å²) in [4.78, 5) is 0. The molecule has 0 radical (unpaired) electrons. The summed E-state index contributed by atoms with van der Waals surface area (Å²) in [5, 5.41) is 8.06. The number of rotatable bonds is 3. The fourth-order valence-electron chi connectivity index (χ4n) is 2.69. The van der Waals surface area contributed by atoms with Crippen LogP contribution in [-0.2, 0) is 6.54 Å². The van der Waals surface area contributed by atoms with E-state index in [4.69, 9.17) is 9.47 Å². The molecule has 0 fully saturated rings. The van der Waals surface area contributed by atoms with E-state index in [0.29, 0.717) is 0 Å². The Bertz CT molecular complexity index is 634. The lowest BCUT2D eigenvalue weighted by Gasteiger charge is -2.18. The van der Waals surface area contributed by atoms with E-state index in [2.05, 4.69) is 10.4 Å². The number of hydrogen-bond donors (Lipinski definition) is 1. The van der Waals surface area contributed by atoms with Crippen molar-refractivity contribution in [2.24, 2.45) is 0 Å². The molecule has 20 heavy (non-hydrogen) atoms. The molecule has 3 rings (SSSR count). The molecule has 0 atom stereocenters. The predicted octanol–water partition coefficient (Wildman–Crippen LogP) is 2.69. The largest absolute Gasteiger partial charge is 0.497 e. The van der Waals surface area contributed by atoms with Crippen molar-refractivity contribution in [2.45, 2.75) is 19.9 Å². The second-order valence-corrected chi connectivity index (χ2v) is 4.88. The van der Waals surface area contributed by atoms with Gasteiger partial charge in [0, 0.05) is 18.7 Å². The first kappa shape index (κ1) is 12.8. The fraction of sp³-hybridized carbons (Fsp3) is 0.400. The minimum atomic E-state index is 0.816. The van der Waals surface area contributed by atoms with E-state index in [-0.39, 0.29) is 0 Å². The van der Waals surface area contributed by atoms with Crippen molar-refractivity contribution >= 4 is 5.82 Å². The molecule has 106 valence electrons. The molecule has 0 unspecified atom stereocenters. The van der Waals surface area contributed by atoms with Crippen molar-refractivity contribution in [1.82, 2.24) is 9.78 Å². The Kier molecular flexibility index (Phi) is 3.26. The third kappa shape index (κ3) is 1.99. The average Bonchev–Trinajstić information content (AvgIpc) is 2.82. The van der Waals surface area contributed by atoms with E-state index >= 15 is 0 Å². The number of hydrogen-bond acceptors (Lipinski definition) is 4. The molecule has 0 aliphatic carbocycles. The molecule has 0 saturated heterocycles. The van der Waals surface area contributed by atoms with Crippen LogP contribution >= 0.6 is 0 Å². The number of nitrogens with zero attached hydrogens (tertiary/aromatic N) is 2. The second kappa shape index (κ2) is 5.07. The van der Waals surface area contributed by atoms with E-state index < -0.39 is 0 Å². The first-order valence-corrected chi connectivity index (χ1v) is 6.78. The number of fused-ring (bicyclic) bond motifs is 1. The Hall–Kier alpha value is -2.17. The van der Waals surface area contributed by atoms with Gasteiger partial charge in [-0.15, -0.1) is 0 Å². The molecule has 5 nitrogen and oxygen atoms in total. The smallest absolute Gasteiger partial charge is 0.132 e. The van der Waals surface area contributed by atoms with Crippen LogP contribution in [0.15, 0.2) is 18.2 Å². The number of aryl methyl sites for hydroxylation is 2. The van der Waals surface area contributed by atoms with Gasteiger partial charge in [-0.2, -0.15) is 5.10 Å². The van der Waals surface area contributed by atoms with Crippen molar-refractivity contribution in [1.29, 1.82) is 0 Å². The van der Waals surface area contributed by atoms with Gasteiger partial charge < -0.3 is 14.8 Å². The molecule has 1 N–H and O–H groups in total. The van der Waals surface area contributed by atoms with Crippen LogP contribution in [0.1, 0.15) is 12.1 Å². The Morgan fingerprint density at radius 2 is 2.10 bits per heavy atom. The summed E-state index contributed by atoms with van der Waals surface area (Å²) in [6.07, 6.45) is 1.10. The number of aromatic nitrogens is 2. The third-order valence-electron chi connectivity index (χ3n) is 3.64. The van der Waals surface area contributed by atoms with E-state index in [9.17, 15) is 0 Å². The van der Waals surface area contributed by atoms with Gasteiger partial charge in [0.1, 0.15) is 17.3 Å². The fourth-order valence-corrected chi connectivity index (χ4v) is 2.69. The Labute approximate surface area is 118 Å². The molecular weight excluding hydrogens is 254 g/mol. The molecule has 0 saturated carbocycles. The lowest BCUT2D eigenvalue weighted by atomic mass is 10.0. The highest BCUT2D eigenvalue weighted by atomic mass is 16.5. The Balaban J connectivity index is 2.19. The molecule has 2 heterocycles. The number of methoxy groups -OCH3 is 2. The first-order valence-electron chi connectivity index (χ1n) is 6.78. The van der Waals surface area contributed by atoms with Crippen LogP contribution in [0.4, 0.5) is 5.82 Å².